The van der Waals surface area contributed by atoms with Crippen molar-refractivity contribution in [2.45, 2.75) is 37.6 Å². The first-order valence-electron chi connectivity index (χ1n) is 8.57. The molecule has 152 valence electrons. The standard InChI is InChI=1S/C17H19F3N4O3S/c1-12-10-13(23-16(22-12)24-8-2-3-9-24)11-21-28(25,26)15-6-4-14(5-7-15)27-17(18,19)20/h4-7,10,21H,2-3,8-9,11H2,1H3. The summed E-state index contributed by atoms with van der Waals surface area (Å²) in [6, 6.07) is 5.67. The topological polar surface area (TPSA) is 84.4 Å². The van der Waals surface area contributed by atoms with Gasteiger partial charge in [0.25, 0.3) is 0 Å². The molecule has 0 spiro atoms. The summed E-state index contributed by atoms with van der Waals surface area (Å²) in [7, 11) is -3.92. The third-order valence-electron chi connectivity index (χ3n) is 4.10. The number of benzene rings is 1. The smallest absolute Gasteiger partial charge is 0.406 e. The molecule has 1 fully saturated rings. The summed E-state index contributed by atoms with van der Waals surface area (Å²) in [5.74, 6) is 0.0773. The van der Waals surface area contributed by atoms with Crippen LogP contribution in [-0.2, 0) is 16.6 Å². The normalized spacial score (nSPS) is 15.1. The van der Waals surface area contributed by atoms with Crippen LogP contribution in [0, 0.1) is 6.92 Å². The van der Waals surface area contributed by atoms with Crippen molar-refractivity contribution in [2.75, 3.05) is 18.0 Å². The molecule has 1 aromatic heterocycles. The number of ether oxygens (including phenoxy) is 1. The number of nitrogens with one attached hydrogen (secondary N) is 1. The summed E-state index contributed by atoms with van der Waals surface area (Å²) >= 11 is 0. The van der Waals surface area contributed by atoms with Crippen LogP contribution in [0.2, 0.25) is 0 Å². The van der Waals surface area contributed by atoms with Gasteiger partial charge in [-0.1, -0.05) is 0 Å². The molecule has 1 N–H and O–H groups in total. The molecule has 0 unspecified atom stereocenters. The van der Waals surface area contributed by atoms with Crippen molar-refractivity contribution in [1.29, 1.82) is 0 Å². The van der Waals surface area contributed by atoms with Gasteiger partial charge in [0.15, 0.2) is 0 Å². The Kier molecular flexibility index (Phi) is 5.75. The van der Waals surface area contributed by atoms with Crippen LogP contribution in [0.1, 0.15) is 24.2 Å². The molecule has 0 bridgehead atoms. The van der Waals surface area contributed by atoms with Crippen LogP contribution in [0.5, 0.6) is 5.75 Å². The second-order valence-electron chi connectivity index (χ2n) is 6.34. The quantitative estimate of drug-likeness (QED) is 0.780. The van der Waals surface area contributed by atoms with Gasteiger partial charge in [-0.3, -0.25) is 0 Å². The van der Waals surface area contributed by atoms with Gasteiger partial charge in [0, 0.05) is 18.8 Å². The molecule has 11 heteroatoms. The van der Waals surface area contributed by atoms with Crippen LogP contribution in [0.15, 0.2) is 35.2 Å². The van der Waals surface area contributed by atoms with E-state index in [1.54, 1.807) is 13.0 Å². The van der Waals surface area contributed by atoms with Gasteiger partial charge in [-0.25, -0.2) is 23.1 Å². The number of anilines is 1. The number of halogens is 3. The first-order valence-corrected chi connectivity index (χ1v) is 10.1. The Balaban J connectivity index is 1.69. The van der Waals surface area contributed by atoms with Crippen molar-refractivity contribution in [2.24, 2.45) is 0 Å². The molecule has 28 heavy (non-hydrogen) atoms. The van der Waals surface area contributed by atoms with Gasteiger partial charge in [0.1, 0.15) is 5.75 Å². The third-order valence-corrected chi connectivity index (χ3v) is 5.51. The molecule has 0 radical (unpaired) electrons. The number of hydrogen-bond acceptors (Lipinski definition) is 6. The molecule has 2 aromatic rings. The number of nitrogens with zero attached hydrogens (tertiary/aromatic N) is 3. The van der Waals surface area contributed by atoms with E-state index in [1.165, 1.54) is 0 Å². The number of alkyl halides is 3. The van der Waals surface area contributed by atoms with Gasteiger partial charge in [-0.2, -0.15) is 0 Å². The van der Waals surface area contributed by atoms with E-state index in [9.17, 15) is 21.6 Å². The Morgan fingerprint density at radius 3 is 2.39 bits per heavy atom. The van der Waals surface area contributed by atoms with Crippen molar-refractivity contribution in [3.05, 3.63) is 41.7 Å². The fourth-order valence-electron chi connectivity index (χ4n) is 2.84. The minimum Gasteiger partial charge on any atom is -0.406 e. The molecule has 1 aliphatic heterocycles. The van der Waals surface area contributed by atoms with E-state index in [0.717, 1.165) is 55.9 Å². The van der Waals surface area contributed by atoms with Crippen molar-refractivity contribution in [1.82, 2.24) is 14.7 Å². The highest BCUT2D eigenvalue weighted by atomic mass is 32.2. The number of sulfonamides is 1. The summed E-state index contributed by atoms with van der Waals surface area (Å²) in [5, 5.41) is 0. The van der Waals surface area contributed by atoms with Crippen LogP contribution in [0.3, 0.4) is 0 Å². The third kappa shape index (κ3) is 5.32. The Hall–Kier alpha value is -2.40. The lowest BCUT2D eigenvalue weighted by atomic mass is 10.3. The molecule has 2 heterocycles. The lowest BCUT2D eigenvalue weighted by Crippen LogP contribution is -2.25. The van der Waals surface area contributed by atoms with Crippen molar-refractivity contribution >= 4 is 16.0 Å². The lowest BCUT2D eigenvalue weighted by Gasteiger charge is -2.16. The van der Waals surface area contributed by atoms with Gasteiger partial charge >= 0.3 is 6.36 Å². The zero-order chi connectivity index (χ0) is 20.4. The lowest BCUT2D eigenvalue weighted by molar-refractivity contribution is -0.274. The van der Waals surface area contributed by atoms with Gasteiger partial charge < -0.3 is 9.64 Å². The Morgan fingerprint density at radius 1 is 1.14 bits per heavy atom. The fourth-order valence-corrected chi connectivity index (χ4v) is 3.84. The molecule has 0 saturated carbocycles. The summed E-state index contributed by atoms with van der Waals surface area (Å²) in [4.78, 5) is 10.7. The highest BCUT2D eigenvalue weighted by Gasteiger charge is 2.31. The molecule has 7 nitrogen and oxygen atoms in total. The van der Waals surface area contributed by atoms with Crippen LogP contribution in [0.25, 0.3) is 0 Å². The Labute approximate surface area is 160 Å². The van der Waals surface area contributed by atoms with E-state index < -0.39 is 22.1 Å². The average Bonchev–Trinajstić information content (AvgIpc) is 3.13. The summed E-state index contributed by atoms with van der Waals surface area (Å²) < 4.78 is 67.5. The first kappa shape index (κ1) is 20.3. The maximum atomic E-state index is 12.4. The number of aryl methyl sites for hydroxylation is 1. The largest absolute Gasteiger partial charge is 0.573 e. The molecule has 1 aliphatic rings. The molecule has 1 saturated heterocycles. The molecular formula is C17H19F3N4O3S. The maximum absolute atomic E-state index is 12.4. The Bertz CT molecular complexity index is 928. The highest BCUT2D eigenvalue weighted by molar-refractivity contribution is 7.89. The van der Waals surface area contributed by atoms with Crippen LogP contribution >= 0.6 is 0 Å². The predicted molar refractivity (Wildman–Crippen MR) is 95.4 cm³/mol. The van der Waals surface area contributed by atoms with Crippen LogP contribution in [0.4, 0.5) is 19.1 Å². The van der Waals surface area contributed by atoms with Gasteiger partial charge in [-0.15, -0.1) is 13.2 Å². The first-order chi connectivity index (χ1) is 13.1. The van der Waals surface area contributed by atoms with Crippen LogP contribution in [-0.4, -0.2) is 37.8 Å². The van der Waals surface area contributed by atoms with Gasteiger partial charge in [0.05, 0.1) is 17.1 Å². The number of rotatable bonds is 6. The van der Waals surface area contributed by atoms with Crippen molar-refractivity contribution < 1.29 is 26.3 Å². The fraction of sp³-hybridized carbons (Fsp3) is 0.412. The molecule has 0 amide bonds. The van der Waals surface area contributed by atoms with Crippen molar-refractivity contribution in [3.8, 4) is 5.75 Å². The minimum absolute atomic E-state index is 0.0622. The Morgan fingerprint density at radius 2 is 1.79 bits per heavy atom. The van der Waals surface area contributed by atoms with E-state index >= 15 is 0 Å². The van der Waals surface area contributed by atoms with Crippen LogP contribution < -0.4 is 14.4 Å². The van der Waals surface area contributed by atoms with E-state index in [-0.39, 0.29) is 11.4 Å². The average molecular weight is 416 g/mol. The van der Waals surface area contributed by atoms with Gasteiger partial charge in [0.2, 0.25) is 16.0 Å². The zero-order valence-corrected chi connectivity index (χ0v) is 15.8. The summed E-state index contributed by atoms with van der Waals surface area (Å²) in [6.07, 6.45) is -2.71. The second kappa shape index (κ2) is 7.92. The van der Waals surface area contributed by atoms with E-state index in [2.05, 4.69) is 19.4 Å². The molecular weight excluding hydrogens is 397 g/mol. The molecule has 3 rings (SSSR count). The van der Waals surface area contributed by atoms with Crippen molar-refractivity contribution in [3.63, 3.8) is 0 Å². The van der Waals surface area contributed by atoms with E-state index in [1.807, 2.05) is 4.90 Å². The predicted octanol–water partition coefficient (Wildman–Crippen LogP) is 2.76. The second-order valence-corrected chi connectivity index (χ2v) is 8.11. The maximum Gasteiger partial charge on any atom is 0.573 e. The minimum atomic E-state index is -4.84. The molecule has 0 aliphatic carbocycles. The van der Waals surface area contributed by atoms with E-state index in [0.29, 0.717) is 11.6 Å². The molecule has 0 atom stereocenters. The number of aromatic nitrogens is 2. The van der Waals surface area contributed by atoms with E-state index in [4.69, 9.17) is 0 Å². The molecule has 1 aromatic carbocycles. The summed E-state index contributed by atoms with van der Waals surface area (Å²) in [5.41, 5.74) is 1.23. The highest BCUT2D eigenvalue weighted by Crippen LogP contribution is 2.24. The summed E-state index contributed by atoms with van der Waals surface area (Å²) in [6.45, 7) is 3.47. The number of hydrogen-bond donors (Lipinski definition) is 1. The SMILES string of the molecule is Cc1cc(CNS(=O)(=O)c2ccc(OC(F)(F)F)cc2)nc(N2CCCC2)n1. The zero-order valence-electron chi connectivity index (χ0n) is 15.0. The monoisotopic (exact) mass is 416 g/mol. The van der Waals surface area contributed by atoms with Gasteiger partial charge in [-0.05, 0) is 50.1 Å².